The molecule has 11 heteroatoms. The third-order valence-electron chi connectivity index (χ3n) is 5.07. The maximum Gasteiger partial charge on any atom is 0.271 e. The number of carbonyl (C=O) groups is 1. The molecule has 0 spiro atoms. The molecular weight excluding hydrogens is 452 g/mol. The SMILES string of the molecule is Cc1ccc(-n2c(SCC(=O)Nc3ccc([N+](=O)[O-])cc3Cl)nnc2N2CCCC2)cc1. The van der Waals surface area contributed by atoms with Gasteiger partial charge >= 0.3 is 0 Å². The van der Waals surface area contributed by atoms with Gasteiger partial charge in [0.2, 0.25) is 11.9 Å². The monoisotopic (exact) mass is 472 g/mol. The summed E-state index contributed by atoms with van der Waals surface area (Å²) in [5.41, 5.74) is 2.27. The number of aryl methyl sites for hydroxylation is 1. The van der Waals surface area contributed by atoms with E-state index < -0.39 is 4.92 Å². The number of aromatic nitrogens is 3. The molecule has 9 nitrogen and oxygen atoms in total. The van der Waals surface area contributed by atoms with Gasteiger partial charge in [0.15, 0.2) is 5.16 Å². The van der Waals surface area contributed by atoms with Crippen molar-refractivity contribution in [3.63, 3.8) is 0 Å². The molecule has 1 aliphatic rings. The minimum Gasteiger partial charge on any atom is -0.341 e. The van der Waals surface area contributed by atoms with Crippen molar-refractivity contribution in [1.82, 2.24) is 14.8 Å². The summed E-state index contributed by atoms with van der Waals surface area (Å²) in [5, 5.41) is 23.0. The van der Waals surface area contributed by atoms with Gasteiger partial charge in [0.25, 0.3) is 5.69 Å². The first-order valence-electron chi connectivity index (χ1n) is 10.1. The normalized spacial score (nSPS) is 13.4. The molecule has 1 N–H and O–H groups in total. The van der Waals surface area contributed by atoms with E-state index in [2.05, 4.69) is 20.4 Å². The molecule has 1 saturated heterocycles. The molecule has 0 aliphatic carbocycles. The fourth-order valence-corrected chi connectivity index (χ4v) is 4.40. The number of nitro benzene ring substituents is 1. The summed E-state index contributed by atoms with van der Waals surface area (Å²) < 4.78 is 1.97. The van der Waals surface area contributed by atoms with E-state index in [9.17, 15) is 14.9 Å². The largest absolute Gasteiger partial charge is 0.341 e. The number of non-ortho nitro benzene ring substituents is 1. The van der Waals surface area contributed by atoms with E-state index in [-0.39, 0.29) is 22.4 Å². The second-order valence-corrected chi connectivity index (χ2v) is 8.76. The van der Waals surface area contributed by atoms with Crippen molar-refractivity contribution in [1.29, 1.82) is 0 Å². The summed E-state index contributed by atoms with van der Waals surface area (Å²) >= 11 is 7.34. The Kier molecular flexibility index (Phi) is 6.61. The number of nitro groups is 1. The average Bonchev–Trinajstić information content (AvgIpc) is 3.44. The van der Waals surface area contributed by atoms with E-state index in [1.807, 2.05) is 35.8 Å². The molecule has 32 heavy (non-hydrogen) atoms. The molecule has 4 rings (SSSR count). The van der Waals surface area contributed by atoms with Crippen LogP contribution in [0.15, 0.2) is 47.6 Å². The molecule has 2 heterocycles. The van der Waals surface area contributed by atoms with Crippen molar-refractivity contribution < 1.29 is 9.72 Å². The van der Waals surface area contributed by atoms with Gasteiger partial charge in [-0.3, -0.25) is 19.5 Å². The summed E-state index contributed by atoms with van der Waals surface area (Å²) in [7, 11) is 0. The average molecular weight is 473 g/mol. The standard InChI is InChI=1S/C21H21ClN6O3S/c1-14-4-6-15(7-5-14)27-20(26-10-2-3-11-26)24-25-21(27)32-13-19(29)23-18-9-8-16(28(30)31)12-17(18)22/h4-9,12H,2-3,10-11,13H2,1H3,(H,23,29). The van der Waals surface area contributed by atoms with E-state index in [0.717, 1.165) is 43.1 Å². The van der Waals surface area contributed by atoms with Gasteiger partial charge in [-0.15, -0.1) is 10.2 Å². The Morgan fingerprint density at radius 2 is 1.91 bits per heavy atom. The van der Waals surface area contributed by atoms with Crippen LogP contribution in [0.2, 0.25) is 5.02 Å². The number of hydrogen-bond acceptors (Lipinski definition) is 7. The number of nitrogens with one attached hydrogen (secondary N) is 1. The zero-order valence-corrected chi connectivity index (χ0v) is 18.9. The lowest BCUT2D eigenvalue weighted by atomic mass is 10.2. The molecule has 0 bridgehead atoms. The van der Waals surface area contributed by atoms with E-state index >= 15 is 0 Å². The number of nitrogens with zero attached hydrogens (tertiary/aromatic N) is 5. The van der Waals surface area contributed by atoms with E-state index in [1.54, 1.807) is 0 Å². The third-order valence-corrected chi connectivity index (χ3v) is 6.31. The van der Waals surface area contributed by atoms with Crippen molar-refractivity contribution in [2.75, 3.05) is 29.1 Å². The first kappa shape index (κ1) is 22.1. The van der Waals surface area contributed by atoms with Crippen LogP contribution in [0.3, 0.4) is 0 Å². The molecule has 166 valence electrons. The smallest absolute Gasteiger partial charge is 0.271 e. The highest BCUT2D eigenvalue weighted by atomic mass is 35.5. The lowest BCUT2D eigenvalue weighted by Gasteiger charge is -2.18. The first-order valence-corrected chi connectivity index (χ1v) is 11.4. The first-order chi connectivity index (χ1) is 15.4. The van der Waals surface area contributed by atoms with Crippen LogP contribution in [0.1, 0.15) is 18.4 Å². The van der Waals surface area contributed by atoms with Crippen LogP contribution in [0, 0.1) is 17.0 Å². The number of benzene rings is 2. The molecule has 1 aliphatic heterocycles. The van der Waals surface area contributed by atoms with Gasteiger partial charge < -0.3 is 10.2 Å². The third kappa shape index (κ3) is 4.86. The molecule has 1 amide bonds. The second-order valence-electron chi connectivity index (χ2n) is 7.41. The van der Waals surface area contributed by atoms with Crippen molar-refractivity contribution in [3.05, 3.63) is 63.2 Å². The maximum absolute atomic E-state index is 12.5. The van der Waals surface area contributed by atoms with Crippen LogP contribution < -0.4 is 10.2 Å². The minimum absolute atomic E-state index is 0.0807. The summed E-state index contributed by atoms with van der Waals surface area (Å²) in [6, 6.07) is 12.0. The highest BCUT2D eigenvalue weighted by molar-refractivity contribution is 7.99. The summed E-state index contributed by atoms with van der Waals surface area (Å²) in [6.45, 7) is 3.88. The fraction of sp³-hybridized carbons (Fsp3) is 0.286. The Hall–Kier alpha value is -3.11. The van der Waals surface area contributed by atoms with Crippen LogP contribution >= 0.6 is 23.4 Å². The van der Waals surface area contributed by atoms with Crippen molar-refractivity contribution in [2.45, 2.75) is 24.9 Å². The predicted molar refractivity (Wildman–Crippen MR) is 125 cm³/mol. The number of hydrogen-bond donors (Lipinski definition) is 1. The number of carbonyl (C=O) groups excluding carboxylic acids is 1. The predicted octanol–water partition coefficient (Wildman–Crippen LogP) is 4.47. The fourth-order valence-electron chi connectivity index (χ4n) is 3.43. The number of halogens is 1. The number of amides is 1. The molecule has 0 radical (unpaired) electrons. The summed E-state index contributed by atoms with van der Waals surface area (Å²) in [4.78, 5) is 25.0. The Morgan fingerprint density at radius 1 is 1.19 bits per heavy atom. The minimum atomic E-state index is -0.539. The zero-order valence-electron chi connectivity index (χ0n) is 17.3. The van der Waals surface area contributed by atoms with E-state index in [1.165, 1.54) is 30.0 Å². The van der Waals surface area contributed by atoms with E-state index in [0.29, 0.717) is 10.8 Å². The van der Waals surface area contributed by atoms with Crippen LogP contribution in [-0.2, 0) is 4.79 Å². The highest BCUT2D eigenvalue weighted by Gasteiger charge is 2.23. The molecule has 3 aromatic rings. The Morgan fingerprint density at radius 3 is 2.56 bits per heavy atom. The Balaban J connectivity index is 1.51. The maximum atomic E-state index is 12.5. The number of anilines is 2. The topological polar surface area (TPSA) is 106 Å². The van der Waals surface area contributed by atoms with Crippen molar-refractivity contribution in [2.24, 2.45) is 0 Å². The Labute approximate surface area is 193 Å². The van der Waals surface area contributed by atoms with Crippen molar-refractivity contribution >= 4 is 46.6 Å². The van der Waals surface area contributed by atoms with Crippen LogP contribution in [0.25, 0.3) is 5.69 Å². The van der Waals surface area contributed by atoms with Gasteiger partial charge in [0, 0.05) is 25.2 Å². The van der Waals surface area contributed by atoms with Gasteiger partial charge in [-0.1, -0.05) is 41.1 Å². The molecule has 0 atom stereocenters. The molecule has 0 saturated carbocycles. The van der Waals surface area contributed by atoms with Crippen LogP contribution in [0.4, 0.5) is 17.3 Å². The molecule has 1 aromatic heterocycles. The van der Waals surface area contributed by atoms with Gasteiger partial charge in [-0.25, -0.2) is 0 Å². The molecule has 0 unspecified atom stereocenters. The summed E-state index contributed by atoms with van der Waals surface area (Å²) in [5.74, 6) is 0.553. The lowest BCUT2D eigenvalue weighted by molar-refractivity contribution is -0.384. The van der Waals surface area contributed by atoms with Crippen LogP contribution in [0.5, 0.6) is 0 Å². The molecule has 2 aromatic carbocycles. The number of rotatable bonds is 7. The van der Waals surface area contributed by atoms with Gasteiger partial charge in [0.1, 0.15) is 0 Å². The Bertz CT molecular complexity index is 1140. The van der Waals surface area contributed by atoms with E-state index in [4.69, 9.17) is 11.6 Å². The quantitative estimate of drug-likeness (QED) is 0.307. The van der Waals surface area contributed by atoms with Gasteiger partial charge in [0.05, 0.1) is 27.1 Å². The van der Waals surface area contributed by atoms with Crippen molar-refractivity contribution in [3.8, 4) is 5.69 Å². The zero-order chi connectivity index (χ0) is 22.7. The van der Waals surface area contributed by atoms with Gasteiger partial charge in [-0.2, -0.15) is 0 Å². The molecule has 1 fully saturated rings. The highest BCUT2D eigenvalue weighted by Crippen LogP contribution is 2.30. The second kappa shape index (κ2) is 9.58. The van der Waals surface area contributed by atoms with Crippen LogP contribution in [-0.4, -0.2) is 44.4 Å². The van der Waals surface area contributed by atoms with Gasteiger partial charge in [-0.05, 0) is 38.0 Å². The number of thioether (sulfide) groups is 1. The lowest BCUT2D eigenvalue weighted by Crippen LogP contribution is -2.22. The summed E-state index contributed by atoms with van der Waals surface area (Å²) in [6.07, 6.45) is 2.23. The molecular formula is C21H21ClN6O3S.